The number of Topliss-reactive ketones (excluding diaryl/α,β-unsaturated/α-hetero) is 1. The minimum Gasteiger partial charge on any atom is -0.378 e. The fraction of sp³-hybridized carbons (Fsp3) is 0.875. The lowest BCUT2D eigenvalue weighted by atomic mass is 10.0. The highest BCUT2D eigenvalue weighted by molar-refractivity contribution is 5.84. The van der Waals surface area contributed by atoms with Crippen LogP contribution in [-0.2, 0) is 9.53 Å². The van der Waals surface area contributed by atoms with Crippen LogP contribution in [0.2, 0.25) is 0 Å². The van der Waals surface area contributed by atoms with Crippen LogP contribution >= 0.6 is 0 Å². The molecule has 3 nitrogen and oxygen atoms in total. The van der Waals surface area contributed by atoms with Gasteiger partial charge in [-0.25, -0.2) is 0 Å². The SMILES string of the molecule is O=C1CCCN2CCOCC12. The number of fused-ring (bicyclic) bond motifs is 1. The first-order valence-electron chi connectivity index (χ1n) is 4.22. The zero-order valence-corrected chi connectivity index (χ0v) is 6.58. The maximum atomic E-state index is 11.3. The molecule has 0 aliphatic carbocycles. The van der Waals surface area contributed by atoms with Crippen LogP contribution in [0.25, 0.3) is 0 Å². The summed E-state index contributed by atoms with van der Waals surface area (Å²) < 4.78 is 5.25. The molecule has 62 valence electrons. The second-order valence-corrected chi connectivity index (χ2v) is 3.20. The highest BCUT2D eigenvalue weighted by Gasteiger charge is 2.31. The van der Waals surface area contributed by atoms with Gasteiger partial charge in [-0.15, -0.1) is 0 Å². The number of ketones is 1. The molecule has 11 heavy (non-hydrogen) atoms. The second kappa shape index (κ2) is 2.91. The summed E-state index contributed by atoms with van der Waals surface area (Å²) >= 11 is 0. The Balaban J connectivity index is 2.05. The van der Waals surface area contributed by atoms with Crippen LogP contribution in [0.3, 0.4) is 0 Å². The first-order chi connectivity index (χ1) is 5.38. The van der Waals surface area contributed by atoms with Gasteiger partial charge in [0.25, 0.3) is 0 Å². The topological polar surface area (TPSA) is 29.5 Å². The number of rotatable bonds is 0. The van der Waals surface area contributed by atoms with E-state index in [2.05, 4.69) is 4.90 Å². The summed E-state index contributed by atoms with van der Waals surface area (Å²) in [6.07, 6.45) is 1.79. The van der Waals surface area contributed by atoms with Crippen molar-refractivity contribution in [1.82, 2.24) is 4.90 Å². The van der Waals surface area contributed by atoms with Gasteiger partial charge in [-0.2, -0.15) is 0 Å². The molecule has 0 radical (unpaired) electrons. The van der Waals surface area contributed by atoms with Crippen LogP contribution in [0, 0.1) is 0 Å². The molecule has 0 bridgehead atoms. The molecule has 1 unspecified atom stereocenters. The molecule has 0 aromatic carbocycles. The predicted molar refractivity (Wildman–Crippen MR) is 40.4 cm³/mol. The van der Waals surface area contributed by atoms with Crippen LogP contribution in [0.15, 0.2) is 0 Å². The van der Waals surface area contributed by atoms with E-state index in [9.17, 15) is 4.79 Å². The van der Waals surface area contributed by atoms with Gasteiger partial charge in [0.1, 0.15) is 0 Å². The number of ether oxygens (including phenoxy) is 1. The Morgan fingerprint density at radius 1 is 1.45 bits per heavy atom. The Labute approximate surface area is 66.3 Å². The molecule has 2 aliphatic rings. The third-order valence-corrected chi connectivity index (χ3v) is 2.48. The lowest BCUT2D eigenvalue weighted by molar-refractivity contribution is -0.133. The summed E-state index contributed by atoms with van der Waals surface area (Å²) in [4.78, 5) is 13.6. The Morgan fingerprint density at radius 3 is 3.18 bits per heavy atom. The second-order valence-electron chi connectivity index (χ2n) is 3.20. The summed E-state index contributed by atoms with van der Waals surface area (Å²) in [7, 11) is 0. The van der Waals surface area contributed by atoms with Crippen molar-refractivity contribution in [3.63, 3.8) is 0 Å². The number of carbonyl (C=O) groups is 1. The molecule has 2 fully saturated rings. The van der Waals surface area contributed by atoms with E-state index < -0.39 is 0 Å². The molecule has 2 aliphatic heterocycles. The van der Waals surface area contributed by atoms with Crippen molar-refractivity contribution in [3.8, 4) is 0 Å². The van der Waals surface area contributed by atoms with E-state index in [0.717, 1.165) is 32.5 Å². The monoisotopic (exact) mass is 155 g/mol. The van der Waals surface area contributed by atoms with Crippen LogP contribution in [0.5, 0.6) is 0 Å². The van der Waals surface area contributed by atoms with Crippen LogP contribution in [0.1, 0.15) is 12.8 Å². The third-order valence-electron chi connectivity index (χ3n) is 2.48. The first kappa shape index (κ1) is 7.25. The Morgan fingerprint density at radius 2 is 2.36 bits per heavy atom. The highest BCUT2D eigenvalue weighted by atomic mass is 16.5. The van der Waals surface area contributed by atoms with Crippen molar-refractivity contribution < 1.29 is 9.53 Å². The summed E-state index contributed by atoms with van der Waals surface area (Å²) in [6.45, 7) is 3.44. The number of hydrogen-bond donors (Lipinski definition) is 0. The summed E-state index contributed by atoms with van der Waals surface area (Å²) in [5.41, 5.74) is 0. The maximum Gasteiger partial charge on any atom is 0.152 e. The van der Waals surface area contributed by atoms with E-state index in [-0.39, 0.29) is 6.04 Å². The smallest absolute Gasteiger partial charge is 0.152 e. The van der Waals surface area contributed by atoms with Gasteiger partial charge in [0.15, 0.2) is 5.78 Å². The standard InChI is InChI=1S/C8H13NO2/c10-8-2-1-3-9-4-5-11-6-7(8)9/h7H,1-6H2. The summed E-state index contributed by atoms with van der Waals surface area (Å²) in [5, 5.41) is 0. The molecular formula is C8H13NO2. The zero-order valence-electron chi connectivity index (χ0n) is 6.58. The number of nitrogens with zero attached hydrogens (tertiary/aromatic N) is 1. The zero-order chi connectivity index (χ0) is 7.68. The van der Waals surface area contributed by atoms with Crippen molar-refractivity contribution in [2.75, 3.05) is 26.3 Å². The van der Waals surface area contributed by atoms with E-state index in [4.69, 9.17) is 4.74 Å². The number of morpholine rings is 1. The molecule has 1 atom stereocenters. The van der Waals surface area contributed by atoms with E-state index in [1.165, 1.54) is 0 Å². The van der Waals surface area contributed by atoms with E-state index in [0.29, 0.717) is 12.4 Å². The van der Waals surface area contributed by atoms with E-state index >= 15 is 0 Å². The van der Waals surface area contributed by atoms with Gasteiger partial charge in [-0.3, -0.25) is 9.69 Å². The number of piperidine rings is 1. The number of carbonyl (C=O) groups excluding carboxylic acids is 1. The first-order valence-corrected chi connectivity index (χ1v) is 4.22. The maximum absolute atomic E-state index is 11.3. The van der Waals surface area contributed by atoms with Crippen molar-refractivity contribution in [3.05, 3.63) is 0 Å². The molecule has 0 aromatic heterocycles. The van der Waals surface area contributed by atoms with Crippen molar-refractivity contribution >= 4 is 5.78 Å². The van der Waals surface area contributed by atoms with Gasteiger partial charge in [-0.1, -0.05) is 0 Å². The fourth-order valence-corrected chi connectivity index (χ4v) is 1.83. The Kier molecular flexibility index (Phi) is 1.92. The highest BCUT2D eigenvalue weighted by Crippen LogP contribution is 2.16. The van der Waals surface area contributed by atoms with Gasteiger partial charge < -0.3 is 4.74 Å². The third kappa shape index (κ3) is 1.30. The average molecular weight is 155 g/mol. The average Bonchev–Trinajstić information content (AvgIpc) is 2.06. The van der Waals surface area contributed by atoms with Crippen LogP contribution in [-0.4, -0.2) is 43.0 Å². The molecule has 3 heteroatoms. The largest absolute Gasteiger partial charge is 0.378 e. The van der Waals surface area contributed by atoms with E-state index in [1.54, 1.807) is 0 Å². The fourth-order valence-electron chi connectivity index (χ4n) is 1.83. The Bertz CT molecular complexity index is 167. The van der Waals surface area contributed by atoms with E-state index in [1.807, 2.05) is 0 Å². The van der Waals surface area contributed by atoms with Crippen LogP contribution < -0.4 is 0 Å². The summed E-state index contributed by atoms with van der Waals surface area (Å²) in [5.74, 6) is 0.371. The minimum absolute atomic E-state index is 0.0949. The molecule has 0 spiro atoms. The predicted octanol–water partition coefficient (Wildman–Crippen LogP) is 0.0501. The molecule has 2 saturated heterocycles. The summed E-state index contributed by atoms with van der Waals surface area (Å²) in [6, 6.07) is 0.0949. The molecule has 0 saturated carbocycles. The van der Waals surface area contributed by atoms with Gasteiger partial charge in [0.05, 0.1) is 19.3 Å². The normalized spacial score (nSPS) is 33.5. The number of hydrogen-bond acceptors (Lipinski definition) is 3. The van der Waals surface area contributed by atoms with Gasteiger partial charge in [0, 0.05) is 13.0 Å². The lowest BCUT2D eigenvalue weighted by Gasteiger charge is -2.37. The van der Waals surface area contributed by atoms with Crippen molar-refractivity contribution in [2.24, 2.45) is 0 Å². The molecule has 2 heterocycles. The van der Waals surface area contributed by atoms with Gasteiger partial charge in [0.2, 0.25) is 0 Å². The Hall–Kier alpha value is -0.410. The molecular weight excluding hydrogens is 142 g/mol. The molecule has 0 aromatic rings. The van der Waals surface area contributed by atoms with Crippen molar-refractivity contribution in [1.29, 1.82) is 0 Å². The van der Waals surface area contributed by atoms with Gasteiger partial charge in [-0.05, 0) is 13.0 Å². The molecule has 2 rings (SSSR count). The molecule has 0 amide bonds. The van der Waals surface area contributed by atoms with Gasteiger partial charge >= 0.3 is 0 Å². The van der Waals surface area contributed by atoms with Crippen LogP contribution in [0.4, 0.5) is 0 Å². The minimum atomic E-state index is 0.0949. The molecule has 0 N–H and O–H groups in total. The quantitative estimate of drug-likeness (QED) is 0.495. The van der Waals surface area contributed by atoms with Crippen molar-refractivity contribution in [2.45, 2.75) is 18.9 Å². The lowest BCUT2D eigenvalue weighted by Crippen LogP contribution is -2.52.